The first-order valence-electron chi connectivity index (χ1n) is 6.24. The lowest BCUT2D eigenvalue weighted by molar-refractivity contribution is 0.0933. The highest BCUT2D eigenvalue weighted by Gasteiger charge is 2.21. The van der Waals surface area contributed by atoms with E-state index in [4.69, 9.17) is 5.11 Å². The number of rotatable bonds is 2. The molecule has 1 aromatic heterocycles. The number of aliphatic hydroxyl groups excluding tert-OH is 1. The largest absolute Gasteiger partial charge is 0.384 e. The molecule has 19 heavy (non-hydrogen) atoms. The summed E-state index contributed by atoms with van der Waals surface area (Å²) in [6, 6.07) is 3.58. The number of amides is 1. The van der Waals surface area contributed by atoms with Crippen LogP contribution in [0, 0.1) is 11.8 Å². The van der Waals surface area contributed by atoms with Crippen molar-refractivity contribution in [3.63, 3.8) is 0 Å². The SMILES string of the molecule is CN1CCC(NC(=O)c2ccc(C#CCO)cn2)C1. The van der Waals surface area contributed by atoms with Crippen molar-refractivity contribution in [1.82, 2.24) is 15.2 Å². The highest BCUT2D eigenvalue weighted by atomic mass is 16.2. The lowest BCUT2D eigenvalue weighted by Crippen LogP contribution is -2.36. The molecule has 1 amide bonds. The summed E-state index contributed by atoms with van der Waals surface area (Å²) in [5.41, 5.74) is 1.08. The number of carbonyl (C=O) groups excluding carboxylic acids is 1. The van der Waals surface area contributed by atoms with Gasteiger partial charge in [0.25, 0.3) is 5.91 Å². The quantitative estimate of drug-likeness (QED) is 0.726. The zero-order chi connectivity index (χ0) is 13.7. The zero-order valence-corrected chi connectivity index (χ0v) is 10.9. The summed E-state index contributed by atoms with van der Waals surface area (Å²) >= 11 is 0. The number of likely N-dealkylation sites (tertiary alicyclic amines) is 1. The molecule has 0 saturated carbocycles. The van der Waals surface area contributed by atoms with Gasteiger partial charge in [-0.05, 0) is 32.1 Å². The molecule has 1 aliphatic heterocycles. The molecule has 2 rings (SSSR count). The van der Waals surface area contributed by atoms with E-state index < -0.39 is 0 Å². The molecule has 0 aromatic carbocycles. The maximum atomic E-state index is 12.0. The van der Waals surface area contributed by atoms with E-state index in [1.54, 1.807) is 18.3 Å². The fraction of sp³-hybridized carbons (Fsp3) is 0.429. The summed E-state index contributed by atoms with van der Waals surface area (Å²) < 4.78 is 0. The van der Waals surface area contributed by atoms with E-state index >= 15 is 0 Å². The molecule has 1 unspecified atom stereocenters. The number of nitrogens with zero attached hydrogens (tertiary/aromatic N) is 2. The van der Waals surface area contributed by atoms with E-state index in [-0.39, 0.29) is 18.6 Å². The Kier molecular flexibility index (Phi) is 4.50. The Morgan fingerprint density at radius 3 is 3.05 bits per heavy atom. The van der Waals surface area contributed by atoms with Crippen molar-refractivity contribution in [3.05, 3.63) is 29.6 Å². The fourth-order valence-electron chi connectivity index (χ4n) is 2.06. The second-order valence-electron chi connectivity index (χ2n) is 4.61. The van der Waals surface area contributed by atoms with Gasteiger partial charge in [-0.25, -0.2) is 4.98 Å². The second-order valence-corrected chi connectivity index (χ2v) is 4.61. The van der Waals surface area contributed by atoms with Gasteiger partial charge in [-0.3, -0.25) is 4.79 Å². The monoisotopic (exact) mass is 259 g/mol. The molecule has 0 aliphatic carbocycles. The second kappa shape index (κ2) is 6.32. The van der Waals surface area contributed by atoms with Gasteiger partial charge in [-0.15, -0.1) is 0 Å². The van der Waals surface area contributed by atoms with Crippen molar-refractivity contribution in [2.45, 2.75) is 12.5 Å². The zero-order valence-electron chi connectivity index (χ0n) is 10.9. The van der Waals surface area contributed by atoms with Crippen LogP contribution >= 0.6 is 0 Å². The van der Waals surface area contributed by atoms with Gasteiger partial charge < -0.3 is 15.3 Å². The molecule has 1 saturated heterocycles. The first kappa shape index (κ1) is 13.5. The molecule has 100 valence electrons. The first-order valence-corrected chi connectivity index (χ1v) is 6.24. The number of nitrogens with one attached hydrogen (secondary N) is 1. The third kappa shape index (κ3) is 3.78. The van der Waals surface area contributed by atoms with Gasteiger partial charge in [0, 0.05) is 24.3 Å². The maximum Gasteiger partial charge on any atom is 0.270 e. The highest BCUT2D eigenvalue weighted by Crippen LogP contribution is 2.07. The van der Waals surface area contributed by atoms with Crippen LogP contribution in [0.3, 0.4) is 0 Å². The number of aromatic nitrogens is 1. The van der Waals surface area contributed by atoms with E-state index in [0.29, 0.717) is 11.3 Å². The minimum atomic E-state index is -0.183. The van der Waals surface area contributed by atoms with E-state index in [9.17, 15) is 4.79 Å². The lowest BCUT2D eigenvalue weighted by atomic mass is 10.2. The maximum absolute atomic E-state index is 12.0. The molecule has 5 nitrogen and oxygen atoms in total. The molecule has 2 heterocycles. The predicted molar refractivity (Wildman–Crippen MR) is 71.6 cm³/mol. The number of pyridine rings is 1. The Morgan fingerprint density at radius 1 is 1.63 bits per heavy atom. The van der Waals surface area contributed by atoms with Crippen LogP contribution in [0.5, 0.6) is 0 Å². The van der Waals surface area contributed by atoms with Crippen LogP contribution in [0.1, 0.15) is 22.5 Å². The number of hydrogen-bond acceptors (Lipinski definition) is 4. The van der Waals surface area contributed by atoms with Crippen LogP contribution in [-0.4, -0.2) is 53.7 Å². The van der Waals surface area contributed by atoms with E-state index in [1.807, 2.05) is 7.05 Å². The van der Waals surface area contributed by atoms with Crippen LogP contribution in [-0.2, 0) is 0 Å². The van der Waals surface area contributed by atoms with Gasteiger partial charge in [-0.1, -0.05) is 11.8 Å². The molecule has 1 aromatic rings. The van der Waals surface area contributed by atoms with Crippen LogP contribution < -0.4 is 5.32 Å². The Balaban J connectivity index is 1.95. The van der Waals surface area contributed by atoms with E-state index in [1.165, 1.54) is 0 Å². The Labute approximate surface area is 112 Å². The normalized spacial score (nSPS) is 18.7. The summed E-state index contributed by atoms with van der Waals surface area (Å²) in [5.74, 6) is 5.12. The number of carbonyl (C=O) groups is 1. The number of likely N-dealkylation sites (N-methyl/N-ethyl adjacent to an activating group) is 1. The van der Waals surface area contributed by atoms with Gasteiger partial charge in [0.2, 0.25) is 0 Å². The molecule has 0 bridgehead atoms. The average molecular weight is 259 g/mol. The number of hydrogen-bond donors (Lipinski definition) is 2. The van der Waals surface area contributed by atoms with Crippen molar-refractivity contribution in [1.29, 1.82) is 0 Å². The van der Waals surface area contributed by atoms with Crippen LogP contribution in [0.25, 0.3) is 0 Å². The smallest absolute Gasteiger partial charge is 0.270 e. The molecule has 1 fully saturated rings. The lowest BCUT2D eigenvalue weighted by Gasteiger charge is -2.12. The Hall–Kier alpha value is -1.90. The van der Waals surface area contributed by atoms with Gasteiger partial charge in [0.15, 0.2) is 0 Å². The molecule has 0 radical (unpaired) electrons. The van der Waals surface area contributed by atoms with Gasteiger partial charge in [0.05, 0.1) is 0 Å². The van der Waals surface area contributed by atoms with Gasteiger partial charge >= 0.3 is 0 Å². The third-order valence-corrected chi connectivity index (χ3v) is 3.03. The molecule has 1 aliphatic rings. The van der Waals surface area contributed by atoms with Crippen LogP contribution in [0.4, 0.5) is 0 Å². The first-order chi connectivity index (χ1) is 9.19. The summed E-state index contributed by atoms with van der Waals surface area (Å²) in [4.78, 5) is 18.2. The van der Waals surface area contributed by atoms with E-state index in [0.717, 1.165) is 19.5 Å². The van der Waals surface area contributed by atoms with Crippen LogP contribution in [0.2, 0.25) is 0 Å². The van der Waals surface area contributed by atoms with Gasteiger partial charge in [-0.2, -0.15) is 0 Å². The minimum Gasteiger partial charge on any atom is -0.384 e. The summed E-state index contributed by atoms with van der Waals surface area (Å²) in [6.45, 7) is 1.71. The standard InChI is InChI=1S/C14H17N3O2/c1-17-7-6-12(10-17)16-14(19)13-5-4-11(9-15-13)3-2-8-18/h4-5,9,12,18H,6-8,10H2,1H3,(H,16,19). The van der Waals surface area contributed by atoms with Crippen molar-refractivity contribution >= 4 is 5.91 Å². The molecule has 5 heteroatoms. The predicted octanol–water partition coefficient (Wildman–Crippen LogP) is -0.141. The highest BCUT2D eigenvalue weighted by molar-refractivity contribution is 5.92. The molecular formula is C14H17N3O2. The van der Waals surface area contributed by atoms with Crippen molar-refractivity contribution < 1.29 is 9.90 Å². The minimum absolute atomic E-state index is 0.151. The average Bonchev–Trinajstić information content (AvgIpc) is 2.82. The topological polar surface area (TPSA) is 65.5 Å². The molecule has 0 spiro atoms. The Morgan fingerprint density at radius 2 is 2.47 bits per heavy atom. The molecule has 1 atom stereocenters. The van der Waals surface area contributed by atoms with E-state index in [2.05, 4.69) is 27.0 Å². The summed E-state index contributed by atoms with van der Waals surface area (Å²) in [6.07, 6.45) is 2.51. The molecule has 2 N–H and O–H groups in total. The Bertz CT molecular complexity index is 502. The summed E-state index contributed by atoms with van der Waals surface area (Å²) in [5, 5.41) is 11.6. The summed E-state index contributed by atoms with van der Waals surface area (Å²) in [7, 11) is 2.04. The van der Waals surface area contributed by atoms with Crippen molar-refractivity contribution in [2.24, 2.45) is 0 Å². The van der Waals surface area contributed by atoms with Gasteiger partial charge in [0.1, 0.15) is 12.3 Å². The van der Waals surface area contributed by atoms with Crippen LogP contribution in [0.15, 0.2) is 18.3 Å². The van der Waals surface area contributed by atoms with Crippen molar-refractivity contribution in [3.8, 4) is 11.8 Å². The molecular weight excluding hydrogens is 242 g/mol. The van der Waals surface area contributed by atoms with Crippen molar-refractivity contribution in [2.75, 3.05) is 26.7 Å². The number of aliphatic hydroxyl groups is 1. The fourth-order valence-corrected chi connectivity index (χ4v) is 2.06. The third-order valence-electron chi connectivity index (χ3n) is 3.03.